The third-order valence-corrected chi connectivity index (χ3v) is 3.48. The Kier molecular flexibility index (Phi) is 7.37. The SMILES string of the molecule is CCCOc1ccc(/C=C/C(=O)Nc2cccc([N+](=O)[O-])c2)cc1OCC. The molecule has 7 nitrogen and oxygen atoms in total. The fourth-order valence-electron chi connectivity index (χ4n) is 2.28. The average Bonchev–Trinajstić information content (AvgIpc) is 2.66. The van der Waals surface area contributed by atoms with Gasteiger partial charge in [-0.25, -0.2) is 0 Å². The Morgan fingerprint density at radius 1 is 1.15 bits per heavy atom. The molecule has 0 saturated carbocycles. The highest BCUT2D eigenvalue weighted by atomic mass is 16.6. The fourth-order valence-corrected chi connectivity index (χ4v) is 2.28. The van der Waals surface area contributed by atoms with Gasteiger partial charge in [-0.05, 0) is 43.2 Å². The number of nitro groups is 1. The maximum Gasteiger partial charge on any atom is 0.271 e. The van der Waals surface area contributed by atoms with Crippen molar-refractivity contribution in [3.05, 3.63) is 64.2 Å². The molecule has 0 fully saturated rings. The molecular weight excluding hydrogens is 348 g/mol. The summed E-state index contributed by atoms with van der Waals surface area (Å²) in [5, 5.41) is 13.4. The molecule has 0 unspecified atom stereocenters. The van der Waals surface area contributed by atoms with E-state index in [4.69, 9.17) is 9.47 Å². The summed E-state index contributed by atoms with van der Waals surface area (Å²) in [4.78, 5) is 22.3. The fraction of sp³-hybridized carbons (Fsp3) is 0.250. The second-order valence-electron chi connectivity index (χ2n) is 5.62. The molecule has 0 aromatic heterocycles. The van der Waals surface area contributed by atoms with Crippen molar-refractivity contribution in [2.45, 2.75) is 20.3 Å². The van der Waals surface area contributed by atoms with E-state index in [0.29, 0.717) is 30.4 Å². The van der Waals surface area contributed by atoms with Crippen molar-refractivity contribution in [1.29, 1.82) is 0 Å². The normalized spacial score (nSPS) is 10.6. The lowest BCUT2D eigenvalue weighted by Gasteiger charge is -2.12. The van der Waals surface area contributed by atoms with Crippen molar-refractivity contribution in [1.82, 2.24) is 0 Å². The Morgan fingerprint density at radius 3 is 2.67 bits per heavy atom. The van der Waals surface area contributed by atoms with Crippen molar-refractivity contribution in [3.63, 3.8) is 0 Å². The van der Waals surface area contributed by atoms with Gasteiger partial charge in [0.25, 0.3) is 5.69 Å². The lowest BCUT2D eigenvalue weighted by Crippen LogP contribution is -2.07. The van der Waals surface area contributed by atoms with Crippen LogP contribution in [0.25, 0.3) is 6.08 Å². The molecule has 27 heavy (non-hydrogen) atoms. The monoisotopic (exact) mass is 370 g/mol. The first-order valence-corrected chi connectivity index (χ1v) is 8.66. The number of anilines is 1. The Morgan fingerprint density at radius 2 is 1.96 bits per heavy atom. The molecule has 0 aliphatic carbocycles. The number of nitrogens with zero attached hydrogens (tertiary/aromatic N) is 1. The first-order chi connectivity index (χ1) is 13.0. The van der Waals surface area contributed by atoms with Gasteiger partial charge in [0.05, 0.1) is 18.1 Å². The second kappa shape index (κ2) is 9.96. The molecule has 0 aliphatic rings. The van der Waals surface area contributed by atoms with Gasteiger partial charge in [0.2, 0.25) is 5.91 Å². The minimum atomic E-state index is -0.511. The van der Waals surface area contributed by atoms with Gasteiger partial charge in [0, 0.05) is 23.9 Å². The van der Waals surface area contributed by atoms with Crippen LogP contribution in [-0.2, 0) is 4.79 Å². The van der Waals surface area contributed by atoms with Gasteiger partial charge in [-0.2, -0.15) is 0 Å². The molecule has 0 spiro atoms. The van der Waals surface area contributed by atoms with Crippen LogP contribution in [0.2, 0.25) is 0 Å². The molecule has 0 heterocycles. The van der Waals surface area contributed by atoms with E-state index in [2.05, 4.69) is 5.32 Å². The van der Waals surface area contributed by atoms with Crippen LogP contribution in [-0.4, -0.2) is 24.0 Å². The van der Waals surface area contributed by atoms with Gasteiger partial charge < -0.3 is 14.8 Å². The summed E-state index contributed by atoms with van der Waals surface area (Å²) >= 11 is 0. The lowest BCUT2D eigenvalue weighted by molar-refractivity contribution is -0.384. The molecular formula is C20H22N2O5. The number of carbonyl (C=O) groups is 1. The maximum atomic E-state index is 12.1. The first-order valence-electron chi connectivity index (χ1n) is 8.66. The van der Waals surface area contributed by atoms with Crippen LogP contribution in [0.4, 0.5) is 11.4 Å². The van der Waals surface area contributed by atoms with Gasteiger partial charge in [-0.3, -0.25) is 14.9 Å². The quantitative estimate of drug-likeness (QED) is 0.400. The van der Waals surface area contributed by atoms with Crippen molar-refractivity contribution in [3.8, 4) is 11.5 Å². The summed E-state index contributed by atoms with van der Waals surface area (Å²) in [7, 11) is 0. The molecule has 1 amide bonds. The predicted octanol–water partition coefficient (Wildman–Crippen LogP) is 4.43. The first kappa shape index (κ1) is 20.0. The summed E-state index contributed by atoms with van der Waals surface area (Å²) in [5.74, 6) is 0.892. The number of hydrogen-bond acceptors (Lipinski definition) is 5. The molecule has 2 aromatic rings. The molecule has 2 rings (SSSR count). The number of rotatable bonds is 9. The second-order valence-corrected chi connectivity index (χ2v) is 5.62. The van der Waals surface area contributed by atoms with Gasteiger partial charge in [-0.15, -0.1) is 0 Å². The van der Waals surface area contributed by atoms with Gasteiger partial charge >= 0.3 is 0 Å². The standard InChI is InChI=1S/C20H22N2O5/c1-3-12-27-18-10-8-15(13-19(18)26-4-2)9-11-20(23)21-16-6-5-7-17(14-16)22(24)25/h5-11,13-14H,3-4,12H2,1-2H3,(H,21,23)/b11-9+. The summed E-state index contributed by atoms with van der Waals surface area (Å²) in [6.07, 6.45) is 3.89. The largest absolute Gasteiger partial charge is 0.490 e. The zero-order valence-electron chi connectivity index (χ0n) is 15.3. The van der Waals surface area contributed by atoms with E-state index in [-0.39, 0.29) is 11.6 Å². The van der Waals surface area contributed by atoms with Crippen molar-refractivity contribution >= 4 is 23.4 Å². The Bertz CT molecular complexity index is 833. The van der Waals surface area contributed by atoms with Crippen LogP contribution in [0.5, 0.6) is 11.5 Å². The number of ether oxygens (including phenoxy) is 2. The van der Waals surface area contributed by atoms with Crippen LogP contribution >= 0.6 is 0 Å². The lowest BCUT2D eigenvalue weighted by atomic mass is 10.2. The number of nitrogens with one attached hydrogen (secondary N) is 1. The minimum Gasteiger partial charge on any atom is -0.490 e. The number of carbonyl (C=O) groups excluding carboxylic acids is 1. The number of hydrogen-bond donors (Lipinski definition) is 1. The summed E-state index contributed by atoms with van der Waals surface area (Å²) in [6.45, 7) is 5.01. The third kappa shape index (κ3) is 6.14. The molecule has 0 atom stereocenters. The number of amides is 1. The van der Waals surface area contributed by atoms with E-state index in [0.717, 1.165) is 12.0 Å². The van der Waals surface area contributed by atoms with Crippen molar-refractivity contribution in [2.24, 2.45) is 0 Å². The molecule has 142 valence electrons. The molecule has 0 radical (unpaired) electrons. The molecule has 2 aromatic carbocycles. The topological polar surface area (TPSA) is 90.7 Å². The Balaban J connectivity index is 2.07. The van der Waals surface area contributed by atoms with Crippen molar-refractivity contribution in [2.75, 3.05) is 18.5 Å². The maximum absolute atomic E-state index is 12.1. The number of nitro benzene ring substituents is 1. The molecule has 7 heteroatoms. The van der Waals surface area contributed by atoms with E-state index in [1.807, 2.05) is 19.9 Å². The van der Waals surface area contributed by atoms with E-state index >= 15 is 0 Å². The highest BCUT2D eigenvalue weighted by Gasteiger charge is 2.08. The summed E-state index contributed by atoms with van der Waals surface area (Å²) in [5.41, 5.74) is 1.05. The van der Waals surface area contributed by atoms with E-state index in [1.165, 1.54) is 24.3 Å². The summed E-state index contributed by atoms with van der Waals surface area (Å²) < 4.78 is 11.2. The predicted molar refractivity (Wildman–Crippen MR) is 104 cm³/mol. The Labute approximate surface area is 157 Å². The van der Waals surface area contributed by atoms with Gasteiger partial charge in [0.1, 0.15) is 0 Å². The zero-order chi connectivity index (χ0) is 19.6. The number of non-ortho nitro benzene ring substituents is 1. The highest BCUT2D eigenvalue weighted by molar-refractivity contribution is 6.02. The van der Waals surface area contributed by atoms with Gasteiger partial charge in [-0.1, -0.05) is 19.1 Å². The van der Waals surface area contributed by atoms with E-state index in [1.54, 1.807) is 24.3 Å². The highest BCUT2D eigenvalue weighted by Crippen LogP contribution is 2.29. The van der Waals surface area contributed by atoms with Crippen LogP contribution in [0.1, 0.15) is 25.8 Å². The van der Waals surface area contributed by atoms with Crippen LogP contribution in [0, 0.1) is 10.1 Å². The third-order valence-electron chi connectivity index (χ3n) is 3.48. The average molecular weight is 370 g/mol. The van der Waals surface area contributed by atoms with Crippen LogP contribution in [0.3, 0.4) is 0 Å². The van der Waals surface area contributed by atoms with Crippen LogP contribution < -0.4 is 14.8 Å². The molecule has 0 bridgehead atoms. The minimum absolute atomic E-state index is 0.0826. The molecule has 0 aliphatic heterocycles. The van der Waals surface area contributed by atoms with E-state index < -0.39 is 4.92 Å². The smallest absolute Gasteiger partial charge is 0.271 e. The van der Waals surface area contributed by atoms with Crippen molar-refractivity contribution < 1.29 is 19.2 Å². The Hall–Kier alpha value is -3.35. The van der Waals surface area contributed by atoms with E-state index in [9.17, 15) is 14.9 Å². The zero-order valence-corrected chi connectivity index (χ0v) is 15.3. The molecule has 1 N–H and O–H groups in total. The van der Waals surface area contributed by atoms with Crippen LogP contribution in [0.15, 0.2) is 48.5 Å². The number of benzene rings is 2. The summed E-state index contributed by atoms with van der Waals surface area (Å²) in [6, 6.07) is 11.2. The molecule has 0 saturated heterocycles. The van der Waals surface area contributed by atoms with Gasteiger partial charge in [0.15, 0.2) is 11.5 Å².